The molecular formula is C16H13BrFNO3. The maximum atomic E-state index is 13.6. The fourth-order valence-corrected chi connectivity index (χ4v) is 1.91. The fourth-order valence-electron chi connectivity index (χ4n) is 1.58. The molecule has 0 spiro atoms. The first-order valence-electron chi connectivity index (χ1n) is 6.37. The van der Waals surface area contributed by atoms with Gasteiger partial charge in [-0.3, -0.25) is 4.99 Å². The van der Waals surface area contributed by atoms with Crippen LogP contribution in [0.15, 0.2) is 51.9 Å². The molecule has 0 fully saturated rings. The van der Waals surface area contributed by atoms with Gasteiger partial charge in [0.25, 0.3) is 0 Å². The number of hydrogen-bond donors (Lipinski definition) is 0. The highest BCUT2D eigenvalue weighted by Gasteiger charge is 2.02. The number of halogens is 2. The van der Waals surface area contributed by atoms with E-state index in [2.05, 4.69) is 25.7 Å². The van der Waals surface area contributed by atoms with E-state index in [9.17, 15) is 9.18 Å². The van der Waals surface area contributed by atoms with Crippen LogP contribution >= 0.6 is 15.9 Å². The van der Waals surface area contributed by atoms with E-state index in [1.807, 2.05) is 0 Å². The molecule has 0 amide bonds. The number of rotatable bonds is 5. The Kier molecular flexibility index (Phi) is 5.66. The molecule has 0 aromatic heterocycles. The minimum Gasteiger partial charge on any atom is -0.482 e. The number of carbonyl (C=O) groups excluding carboxylic acids is 1. The number of ether oxygens (including phenoxy) is 2. The molecule has 0 bridgehead atoms. The van der Waals surface area contributed by atoms with Crippen molar-refractivity contribution in [1.82, 2.24) is 0 Å². The number of benzene rings is 2. The first kappa shape index (κ1) is 16.2. The summed E-state index contributed by atoms with van der Waals surface area (Å²) >= 11 is 3.19. The van der Waals surface area contributed by atoms with Gasteiger partial charge in [0.2, 0.25) is 0 Å². The molecule has 22 heavy (non-hydrogen) atoms. The van der Waals surface area contributed by atoms with Crippen molar-refractivity contribution >= 4 is 33.8 Å². The van der Waals surface area contributed by atoms with E-state index in [-0.39, 0.29) is 12.3 Å². The first-order chi connectivity index (χ1) is 10.6. The van der Waals surface area contributed by atoms with Crippen LogP contribution in [0, 0.1) is 5.82 Å². The van der Waals surface area contributed by atoms with Crippen LogP contribution in [0.4, 0.5) is 10.1 Å². The fraction of sp³-hybridized carbons (Fsp3) is 0.125. The first-order valence-corrected chi connectivity index (χ1v) is 7.16. The van der Waals surface area contributed by atoms with Crippen molar-refractivity contribution in [1.29, 1.82) is 0 Å². The van der Waals surface area contributed by atoms with Gasteiger partial charge in [0.05, 0.1) is 12.8 Å². The van der Waals surface area contributed by atoms with Gasteiger partial charge in [-0.15, -0.1) is 0 Å². The third-order valence-electron chi connectivity index (χ3n) is 2.73. The summed E-state index contributed by atoms with van der Waals surface area (Å²) in [5.41, 5.74) is 1.04. The summed E-state index contributed by atoms with van der Waals surface area (Å²) in [6.45, 7) is -0.145. The number of carbonyl (C=O) groups is 1. The van der Waals surface area contributed by atoms with Crippen molar-refractivity contribution in [3.63, 3.8) is 0 Å². The maximum absolute atomic E-state index is 13.6. The summed E-state index contributed by atoms with van der Waals surface area (Å²) < 4.78 is 24.0. The van der Waals surface area contributed by atoms with E-state index in [1.165, 1.54) is 13.2 Å². The molecule has 0 heterocycles. The predicted octanol–water partition coefficient (Wildman–Crippen LogP) is 3.89. The Bertz CT molecular complexity index is 686. The van der Waals surface area contributed by atoms with Crippen molar-refractivity contribution in [2.24, 2.45) is 4.99 Å². The molecule has 0 N–H and O–H groups in total. The van der Waals surface area contributed by atoms with Gasteiger partial charge >= 0.3 is 5.97 Å². The second kappa shape index (κ2) is 7.70. The summed E-state index contributed by atoms with van der Waals surface area (Å²) in [6, 6.07) is 11.6. The Morgan fingerprint density at radius 3 is 2.64 bits per heavy atom. The number of hydrogen-bond acceptors (Lipinski definition) is 4. The molecule has 4 nitrogen and oxygen atoms in total. The standard InChI is InChI=1S/C16H13BrFNO3/c1-21-16(20)10-22-13-5-2-11(3-6-13)9-19-15-7-4-12(17)8-14(15)18/h2-9H,10H2,1H3. The molecule has 2 aromatic carbocycles. The Morgan fingerprint density at radius 1 is 1.27 bits per heavy atom. The molecule has 114 valence electrons. The number of esters is 1. The third-order valence-corrected chi connectivity index (χ3v) is 3.22. The third kappa shape index (κ3) is 4.66. The van der Waals surface area contributed by atoms with Crippen molar-refractivity contribution < 1.29 is 18.7 Å². The normalized spacial score (nSPS) is 10.7. The Balaban J connectivity index is 2.01. The van der Waals surface area contributed by atoms with Gasteiger partial charge in [-0.2, -0.15) is 0 Å². The molecular weight excluding hydrogens is 353 g/mol. The number of aliphatic imine (C=N–C) groups is 1. The lowest BCUT2D eigenvalue weighted by molar-refractivity contribution is -0.142. The summed E-state index contributed by atoms with van der Waals surface area (Å²) in [4.78, 5) is 15.1. The molecule has 2 rings (SSSR count). The van der Waals surface area contributed by atoms with Crippen LogP contribution in [-0.2, 0) is 9.53 Å². The van der Waals surface area contributed by atoms with Crippen LogP contribution in [0.3, 0.4) is 0 Å². The average molecular weight is 366 g/mol. The molecule has 0 saturated carbocycles. The smallest absolute Gasteiger partial charge is 0.343 e. The van der Waals surface area contributed by atoms with Crippen LogP contribution in [-0.4, -0.2) is 25.9 Å². The van der Waals surface area contributed by atoms with Crippen LogP contribution in [0.1, 0.15) is 5.56 Å². The Labute approximate surface area is 135 Å². The van der Waals surface area contributed by atoms with Crippen molar-refractivity contribution in [3.8, 4) is 5.75 Å². The number of methoxy groups -OCH3 is 1. The lowest BCUT2D eigenvalue weighted by atomic mass is 10.2. The highest BCUT2D eigenvalue weighted by molar-refractivity contribution is 9.10. The van der Waals surface area contributed by atoms with E-state index >= 15 is 0 Å². The lowest BCUT2D eigenvalue weighted by Gasteiger charge is -2.04. The second-order valence-electron chi connectivity index (χ2n) is 4.29. The lowest BCUT2D eigenvalue weighted by Crippen LogP contribution is -2.12. The van der Waals surface area contributed by atoms with E-state index in [0.717, 1.165) is 5.56 Å². The van der Waals surface area contributed by atoms with Crippen molar-refractivity contribution in [2.75, 3.05) is 13.7 Å². The SMILES string of the molecule is COC(=O)COc1ccc(C=Nc2ccc(Br)cc2F)cc1. The van der Waals surface area contributed by atoms with Gasteiger partial charge in [0.15, 0.2) is 6.61 Å². The molecule has 0 aliphatic rings. The molecule has 0 aliphatic carbocycles. The van der Waals surface area contributed by atoms with Crippen LogP contribution < -0.4 is 4.74 Å². The molecule has 2 aromatic rings. The second-order valence-corrected chi connectivity index (χ2v) is 5.20. The van der Waals surface area contributed by atoms with Gasteiger partial charge in [-0.05, 0) is 48.0 Å². The molecule has 0 aliphatic heterocycles. The van der Waals surface area contributed by atoms with E-state index in [1.54, 1.807) is 42.6 Å². The zero-order chi connectivity index (χ0) is 15.9. The summed E-state index contributed by atoms with van der Waals surface area (Å²) in [5, 5.41) is 0. The largest absolute Gasteiger partial charge is 0.482 e. The van der Waals surface area contributed by atoms with Gasteiger partial charge in [0.1, 0.15) is 11.6 Å². The number of nitrogens with zero attached hydrogens (tertiary/aromatic N) is 1. The molecule has 0 atom stereocenters. The highest BCUT2D eigenvalue weighted by Crippen LogP contribution is 2.22. The van der Waals surface area contributed by atoms with E-state index in [0.29, 0.717) is 10.2 Å². The van der Waals surface area contributed by atoms with Gasteiger partial charge < -0.3 is 9.47 Å². The Hall–Kier alpha value is -2.21. The summed E-state index contributed by atoms with van der Waals surface area (Å²) in [6.07, 6.45) is 1.55. The molecule has 0 radical (unpaired) electrons. The maximum Gasteiger partial charge on any atom is 0.343 e. The molecule has 6 heteroatoms. The highest BCUT2D eigenvalue weighted by atomic mass is 79.9. The average Bonchev–Trinajstić information content (AvgIpc) is 2.52. The van der Waals surface area contributed by atoms with Gasteiger partial charge in [-0.1, -0.05) is 15.9 Å². The van der Waals surface area contributed by atoms with E-state index in [4.69, 9.17) is 4.74 Å². The summed E-state index contributed by atoms with van der Waals surface area (Å²) in [5.74, 6) is -0.308. The minimum absolute atomic E-state index is 0.145. The van der Waals surface area contributed by atoms with Crippen LogP contribution in [0.25, 0.3) is 0 Å². The van der Waals surface area contributed by atoms with Crippen LogP contribution in [0.2, 0.25) is 0 Å². The quantitative estimate of drug-likeness (QED) is 0.596. The van der Waals surface area contributed by atoms with Crippen LogP contribution in [0.5, 0.6) is 5.75 Å². The zero-order valence-corrected chi connectivity index (χ0v) is 13.3. The zero-order valence-electron chi connectivity index (χ0n) is 11.8. The molecule has 0 unspecified atom stereocenters. The van der Waals surface area contributed by atoms with Crippen molar-refractivity contribution in [2.45, 2.75) is 0 Å². The summed E-state index contributed by atoms with van der Waals surface area (Å²) in [7, 11) is 1.30. The Morgan fingerprint density at radius 2 is 2.00 bits per heavy atom. The predicted molar refractivity (Wildman–Crippen MR) is 85.3 cm³/mol. The van der Waals surface area contributed by atoms with Crippen molar-refractivity contribution in [3.05, 3.63) is 58.3 Å². The topological polar surface area (TPSA) is 47.9 Å². The molecule has 0 saturated heterocycles. The minimum atomic E-state index is -0.448. The van der Waals surface area contributed by atoms with E-state index < -0.39 is 11.8 Å². The monoisotopic (exact) mass is 365 g/mol. The van der Waals surface area contributed by atoms with Gasteiger partial charge in [-0.25, -0.2) is 9.18 Å². The van der Waals surface area contributed by atoms with Gasteiger partial charge in [0, 0.05) is 10.7 Å².